The van der Waals surface area contributed by atoms with E-state index in [-0.39, 0.29) is 10.6 Å². The molecule has 0 bridgehead atoms. The van der Waals surface area contributed by atoms with Crippen LogP contribution in [0.4, 0.5) is 0 Å². The number of hydrogen-bond acceptors (Lipinski definition) is 6. The van der Waals surface area contributed by atoms with Crippen LogP contribution in [0.15, 0.2) is 35.4 Å². The monoisotopic (exact) mass is 283 g/mol. The van der Waals surface area contributed by atoms with Gasteiger partial charge in [-0.1, -0.05) is 0 Å². The molecule has 100 valence electrons. The van der Waals surface area contributed by atoms with Crippen LogP contribution in [-0.2, 0) is 10.0 Å². The summed E-state index contributed by atoms with van der Waals surface area (Å²) in [6.07, 6.45) is 1.09. The molecular weight excluding hydrogens is 274 g/mol. The minimum atomic E-state index is -3.72. The maximum absolute atomic E-state index is 11.4. The van der Waals surface area contributed by atoms with E-state index < -0.39 is 16.0 Å². The average molecular weight is 283 g/mol. The van der Waals surface area contributed by atoms with Gasteiger partial charge in [0.2, 0.25) is 0 Å². The summed E-state index contributed by atoms with van der Waals surface area (Å²) in [5.74, 6) is 3.69. The smallest absolute Gasteiger partial charge is 0.358 e. The molecule has 0 saturated carbocycles. The lowest BCUT2D eigenvalue weighted by Crippen LogP contribution is -2.30. The number of hydrazine groups is 1. The van der Waals surface area contributed by atoms with Crippen molar-refractivity contribution >= 4 is 16.0 Å². The van der Waals surface area contributed by atoms with E-state index in [1.807, 2.05) is 0 Å². The zero-order valence-corrected chi connectivity index (χ0v) is 10.2. The Labute approximate surface area is 107 Å². The molecule has 0 spiro atoms. The van der Waals surface area contributed by atoms with Gasteiger partial charge in [-0.05, 0) is 24.3 Å². The molecule has 0 unspecified atom stereocenters. The summed E-state index contributed by atoms with van der Waals surface area (Å²) in [6, 6.07) is 5.45. The first kappa shape index (κ1) is 13.1. The largest absolute Gasteiger partial charge is 0.476 e. The number of benzene rings is 1. The third kappa shape index (κ3) is 2.59. The molecule has 1 aromatic heterocycles. The number of carboxylic acid groups (broad SMARTS) is 1. The molecule has 1 aromatic carbocycles. The number of carboxylic acids is 1. The second-order valence-electron chi connectivity index (χ2n) is 3.44. The number of carbonyl (C=O) groups is 1. The summed E-state index contributed by atoms with van der Waals surface area (Å²) in [5, 5.41) is 16.2. The zero-order valence-electron chi connectivity index (χ0n) is 9.39. The van der Waals surface area contributed by atoms with Crippen LogP contribution in [0.25, 0.3) is 5.69 Å². The van der Waals surface area contributed by atoms with Crippen LogP contribution in [0.5, 0.6) is 0 Å². The highest BCUT2D eigenvalue weighted by molar-refractivity contribution is 7.89. The van der Waals surface area contributed by atoms with Crippen molar-refractivity contribution in [1.29, 1.82) is 0 Å². The SMILES string of the molecule is NNS(=O)(=O)c1ccc(-n2ncc(C(=O)O)n2)cc1. The van der Waals surface area contributed by atoms with Gasteiger partial charge in [-0.3, -0.25) is 5.84 Å². The fraction of sp³-hybridized carbons (Fsp3) is 0. The Morgan fingerprint density at radius 3 is 2.42 bits per heavy atom. The van der Waals surface area contributed by atoms with Crippen LogP contribution >= 0.6 is 0 Å². The Morgan fingerprint density at radius 1 is 1.32 bits per heavy atom. The van der Waals surface area contributed by atoms with Crippen molar-refractivity contribution in [2.75, 3.05) is 0 Å². The quantitative estimate of drug-likeness (QED) is 0.488. The van der Waals surface area contributed by atoms with Crippen molar-refractivity contribution in [3.63, 3.8) is 0 Å². The molecule has 0 aliphatic carbocycles. The molecule has 1 heterocycles. The minimum absolute atomic E-state index is 0.0237. The predicted molar refractivity (Wildman–Crippen MR) is 62.8 cm³/mol. The number of aromatic carboxylic acids is 1. The van der Waals surface area contributed by atoms with Crippen LogP contribution in [-0.4, -0.2) is 34.5 Å². The fourth-order valence-corrected chi connectivity index (χ4v) is 1.94. The van der Waals surface area contributed by atoms with E-state index in [9.17, 15) is 13.2 Å². The molecular formula is C9H9N5O4S. The second kappa shape index (κ2) is 4.76. The minimum Gasteiger partial charge on any atom is -0.476 e. The van der Waals surface area contributed by atoms with Gasteiger partial charge in [-0.25, -0.2) is 13.2 Å². The summed E-state index contributed by atoms with van der Waals surface area (Å²) in [6.45, 7) is 0. The number of nitrogens with two attached hydrogens (primary N) is 1. The van der Waals surface area contributed by atoms with E-state index in [1.54, 1.807) is 4.83 Å². The maximum atomic E-state index is 11.4. The molecule has 10 heteroatoms. The van der Waals surface area contributed by atoms with Crippen LogP contribution < -0.4 is 10.7 Å². The standard InChI is InChI=1S/C9H9N5O4S/c10-13-19(17,18)7-3-1-6(2-4-7)14-11-5-8(12-14)9(15)16/h1-5,13H,10H2,(H,15,16). The lowest BCUT2D eigenvalue weighted by Gasteiger charge is -2.03. The third-order valence-corrected chi connectivity index (χ3v) is 3.45. The number of hydrogen-bond donors (Lipinski definition) is 3. The van der Waals surface area contributed by atoms with E-state index in [1.165, 1.54) is 24.3 Å². The van der Waals surface area contributed by atoms with Crippen molar-refractivity contribution in [2.45, 2.75) is 4.90 Å². The molecule has 9 nitrogen and oxygen atoms in total. The molecule has 19 heavy (non-hydrogen) atoms. The Kier molecular flexibility index (Phi) is 3.29. The normalized spacial score (nSPS) is 11.4. The lowest BCUT2D eigenvalue weighted by atomic mass is 10.3. The van der Waals surface area contributed by atoms with Gasteiger partial charge in [0, 0.05) is 0 Å². The van der Waals surface area contributed by atoms with E-state index in [2.05, 4.69) is 10.2 Å². The Hall–Kier alpha value is -2.30. The maximum Gasteiger partial charge on any atom is 0.358 e. The first-order chi connectivity index (χ1) is 8.94. The number of aromatic nitrogens is 3. The van der Waals surface area contributed by atoms with Crippen LogP contribution in [0.2, 0.25) is 0 Å². The molecule has 0 saturated heterocycles. The highest BCUT2D eigenvalue weighted by atomic mass is 32.2. The topological polar surface area (TPSA) is 140 Å². The van der Waals surface area contributed by atoms with Crippen molar-refractivity contribution in [2.24, 2.45) is 5.84 Å². The number of nitrogens with one attached hydrogen (secondary N) is 1. The molecule has 4 N–H and O–H groups in total. The van der Waals surface area contributed by atoms with Crippen LogP contribution in [0, 0.1) is 0 Å². The Morgan fingerprint density at radius 2 is 1.95 bits per heavy atom. The Bertz CT molecular complexity index is 706. The van der Waals surface area contributed by atoms with Crippen molar-refractivity contribution < 1.29 is 18.3 Å². The second-order valence-corrected chi connectivity index (χ2v) is 5.15. The van der Waals surface area contributed by atoms with Gasteiger partial charge in [-0.15, -0.1) is 5.10 Å². The Balaban J connectivity index is 2.35. The highest BCUT2D eigenvalue weighted by Crippen LogP contribution is 2.12. The predicted octanol–water partition coefficient (Wildman–Crippen LogP) is -0.882. The van der Waals surface area contributed by atoms with Gasteiger partial charge >= 0.3 is 5.97 Å². The molecule has 2 aromatic rings. The molecule has 2 rings (SSSR count). The van der Waals surface area contributed by atoms with Crippen LogP contribution in [0.1, 0.15) is 10.5 Å². The molecule has 0 aliphatic heterocycles. The van der Waals surface area contributed by atoms with Crippen molar-refractivity contribution in [1.82, 2.24) is 19.8 Å². The van der Waals surface area contributed by atoms with E-state index in [4.69, 9.17) is 10.9 Å². The molecule has 0 atom stereocenters. The van der Waals surface area contributed by atoms with Crippen molar-refractivity contribution in [3.8, 4) is 5.69 Å². The fourth-order valence-electron chi connectivity index (χ4n) is 1.31. The lowest BCUT2D eigenvalue weighted by molar-refractivity contribution is 0.0690. The van der Waals surface area contributed by atoms with E-state index in [0.717, 1.165) is 11.0 Å². The molecule has 0 radical (unpaired) electrons. The number of sulfonamides is 1. The summed E-state index contributed by atoms with van der Waals surface area (Å²) >= 11 is 0. The third-order valence-electron chi connectivity index (χ3n) is 2.24. The molecule has 0 aliphatic rings. The van der Waals surface area contributed by atoms with Gasteiger partial charge in [0.1, 0.15) is 0 Å². The van der Waals surface area contributed by atoms with E-state index in [0.29, 0.717) is 5.69 Å². The first-order valence-electron chi connectivity index (χ1n) is 4.92. The molecule has 0 fully saturated rings. The van der Waals surface area contributed by atoms with E-state index >= 15 is 0 Å². The summed E-state index contributed by atoms with van der Waals surface area (Å²) in [5.41, 5.74) is 0.212. The van der Waals surface area contributed by atoms with Crippen LogP contribution in [0.3, 0.4) is 0 Å². The van der Waals surface area contributed by atoms with Gasteiger partial charge in [0.25, 0.3) is 10.0 Å². The molecule has 0 amide bonds. The summed E-state index contributed by atoms with van der Waals surface area (Å²) < 4.78 is 22.8. The average Bonchev–Trinajstić information content (AvgIpc) is 2.88. The highest BCUT2D eigenvalue weighted by Gasteiger charge is 2.13. The number of nitrogens with zero attached hydrogens (tertiary/aromatic N) is 3. The van der Waals surface area contributed by atoms with Crippen molar-refractivity contribution in [3.05, 3.63) is 36.2 Å². The zero-order chi connectivity index (χ0) is 14.0. The van der Waals surface area contributed by atoms with Gasteiger partial charge in [0.05, 0.1) is 16.8 Å². The first-order valence-corrected chi connectivity index (χ1v) is 6.41. The van der Waals surface area contributed by atoms with Gasteiger partial charge < -0.3 is 5.11 Å². The summed E-state index contributed by atoms with van der Waals surface area (Å²) in [4.78, 5) is 13.4. The summed E-state index contributed by atoms with van der Waals surface area (Å²) in [7, 11) is -3.72. The number of rotatable bonds is 4. The van der Waals surface area contributed by atoms with Gasteiger partial charge in [0.15, 0.2) is 5.69 Å². The van der Waals surface area contributed by atoms with Gasteiger partial charge in [-0.2, -0.15) is 14.7 Å².